The van der Waals surface area contributed by atoms with E-state index >= 15 is 0 Å². The van der Waals surface area contributed by atoms with Gasteiger partial charge in [-0.05, 0) is 43.7 Å². The number of Topliss-reactive ketones (excluding diaryl/α,β-unsaturated/α-hetero) is 1. The van der Waals surface area contributed by atoms with Crippen molar-refractivity contribution in [3.63, 3.8) is 0 Å². The van der Waals surface area contributed by atoms with E-state index in [1.165, 1.54) is 11.2 Å². The standard InChI is InChI=1S/C25H23NO5/c1-3-30-19-12-10-17(11-13-19)22-21(23(27)18-8-6-16(2)7-9-18)24(28)25(29)26(22)15-20-5-4-14-31-20/h4-14,22,27H,3,15H2,1-2H3/b23-21+. The topological polar surface area (TPSA) is 80.0 Å². The summed E-state index contributed by atoms with van der Waals surface area (Å²) in [6.07, 6.45) is 1.52. The van der Waals surface area contributed by atoms with Crippen LogP contribution in [-0.2, 0) is 16.1 Å². The van der Waals surface area contributed by atoms with Gasteiger partial charge >= 0.3 is 0 Å². The molecule has 1 N–H and O–H groups in total. The van der Waals surface area contributed by atoms with Gasteiger partial charge in [0.2, 0.25) is 0 Å². The van der Waals surface area contributed by atoms with Crippen molar-refractivity contribution in [1.82, 2.24) is 4.90 Å². The third-order valence-electron chi connectivity index (χ3n) is 5.28. The second-order valence-electron chi connectivity index (χ2n) is 7.37. The Morgan fingerprint density at radius 1 is 1.06 bits per heavy atom. The van der Waals surface area contributed by atoms with Gasteiger partial charge in [0, 0.05) is 5.56 Å². The summed E-state index contributed by atoms with van der Waals surface area (Å²) in [6, 6.07) is 17.1. The van der Waals surface area contributed by atoms with Crippen LogP contribution < -0.4 is 4.74 Å². The molecule has 1 aromatic heterocycles. The maximum absolute atomic E-state index is 13.0. The van der Waals surface area contributed by atoms with Gasteiger partial charge in [0.05, 0.1) is 31.0 Å². The highest BCUT2D eigenvalue weighted by molar-refractivity contribution is 6.46. The molecular formula is C25H23NO5. The fraction of sp³-hybridized carbons (Fsp3) is 0.200. The number of nitrogens with zero attached hydrogens (tertiary/aromatic N) is 1. The first-order chi connectivity index (χ1) is 15.0. The van der Waals surface area contributed by atoms with Gasteiger partial charge in [-0.2, -0.15) is 0 Å². The van der Waals surface area contributed by atoms with E-state index in [0.717, 1.165) is 5.56 Å². The number of aliphatic hydroxyl groups excluding tert-OH is 1. The molecule has 2 heterocycles. The number of carbonyl (C=O) groups excluding carboxylic acids is 2. The maximum atomic E-state index is 13.0. The van der Waals surface area contributed by atoms with E-state index in [1.807, 2.05) is 26.0 Å². The summed E-state index contributed by atoms with van der Waals surface area (Å²) in [5.74, 6) is -0.354. The van der Waals surface area contributed by atoms with Crippen LogP contribution in [0.3, 0.4) is 0 Å². The summed E-state index contributed by atoms with van der Waals surface area (Å²) in [7, 11) is 0. The van der Waals surface area contributed by atoms with Gasteiger partial charge < -0.3 is 19.2 Å². The molecule has 1 amide bonds. The number of carbonyl (C=O) groups is 2. The van der Waals surface area contributed by atoms with Gasteiger partial charge in [-0.25, -0.2) is 0 Å². The Labute approximate surface area is 180 Å². The van der Waals surface area contributed by atoms with Crippen LogP contribution in [0.2, 0.25) is 0 Å². The van der Waals surface area contributed by atoms with Crippen molar-refractivity contribution in [2.24, 2.45) is 0 Å². The molecule has 0 radical (unpaired) electrons. The lowest BCUT2D eigenvalue weighted by atomic mass is 9.95. The van der Waals surface area contributed by atoms with Gasteiger partial charge in [-0.1, -0.05) is 42.0 Å². The monoisotopic (exact) mass is 417 g/mol. The third kappa shape index (κ3) is 3.97. The van der Waals surface area contributed by atoms with E-state index in [4.69, 9.17) is 9.15 Å². The van der Waals surface area contributed by atoms with Crippen molar-refractivity contribution >= 4 is 17.4 Å². The minimum atomic E-state index is -0.748. The molecule has 4 rings (SSSR count). The van der Waals surface area contributed by atoms with Gasteiger partial charge in [-0.3, -0.25) is 9.59 Å². The summed E-state index contributed by atoms with van der Waals surface area (Å²) in [4.78, 5) is 27.4. The molecule has 3 aromatic rings. The van der Waals surface area contributed by atoms with Crippen LogP contribution in [0.15, 0.2) is 76.9 Å². The van der Waals surface area contributed by atoms with E-state index in [1.54, 1.807) is 48.5 Å². The quantitative estimate of drug-likeness (QED) is 0.360. The molecule has 1 aliphatic rings. The summed E-state index contributed by atoms with van der Waals surface area (Å²) in [5.41, 5.74) is 2.27. The number of hydrogen-bond acceptors (Lipinski definition) is 5. The van der Waals surface area contributed by atoms with Crippen LogP contribution in [0, 0.1) is 6.92 Å². The van der Waals surface area contributed by atoms with Crippen LogP contribution in [-0.4, -0.2) is 28.3 Å². The highest BCUT2D eigenvalue weighted by Gasteiger charge is 2.46. The molecule has 0 bridgehead atoms. The molecular weight excluding hydrogens is 394 g/mol. The van der Waals surface area contributed by atoms with Crippen molar-refractivity contribution in [3.8, 4) is 5.75 Å². The number of aryl methyl sites for hydroxylation is 1. The molecule has 1 saturated heterocycles. The number of aliphatic hydroxyl groups is 1. The predicted octanol–water partition coefficient (Wildman–Crippen LogP) is 4.61. The molecule has 0 saturated carbocycles. The zero-order valence-corrected chi connectivity index (χ0v) is 17.4. The number of hydrogen-bond donors (Lipinski definition) is 1. The second-order valence-corrected chi connectivity index (χ2v) is 7.37. The maximum Gasteiger partial charge on any atom is 0.296 e. The molecule has 0 spiro atoms. The van der Waals surface area contributed by atoms with Gasteiger partial charge in [0.1, 0.15) is 17.3 Å². The summed E-state index contributed by atoms with van der Waals surface area (Å²) >= 11 is 0. The van der Waals surface area contributed by atoms with E-state index in [0.29, 0.717) is 29.2 Å². The summed E-state index contributed by atoms with van der Waals surface area (Å²) in [6.45, 7) is 4.48. The Kier molecular flexibility index (Phi) is 5.62. The normalized spacial score (nSPS) is 17.9. The summed E-state index contributed by atoms with van der Waals surface area (Å²) in [5, 5.41) is 11.0. The molecule has 6 heteroatoms. The van der Waals surface area contributed by atoms with E-state index in [2.05, 4.69) is 0 Å². The van der Waals surface area contributed by atoms with Crippen molar-refractivity contribution < 1.29 is 23.8 Å². The number of amides is 1. The zero-order chi connectivity index (χ0) is 22.0. The largest absolute Gasteiger partial charge is 0.507 e. The van der Waals surface area contributed by atoms with E-state index < -0.39 is 17.7 Å². The minimum Gasteiger partial charge on any atom is -0.507 e. The number of ketones is 1. The molecule has 158 valence electrons. The Bertz CT molecular complexity index is 1110. The number of rotatable bonds is 6. The average Bonchev–Trinajstić information content (AvgIpc) is 3.37. The molecule has 0 aliphatic carbocycles. The summed E-state index contributed by atoms with van der Waals surface area (Å²) < 4.78 is 10.9. The van der Waals surface area contributed by atoms with Crippen molar-refractivity contribution in [2.45, 2.75) is 26.4 Å². The number of furan rings is 1. The van der Waals surface area contributed by atoms with Crippen LogP contribution in [0.5, 0.6) is 5.75 Å². The Balaban J connectivity index is 1.82. The van der Waals surface area contributed by atoms with Crippen molar-refractivity contribution in [2.75, 3.05) is 6.61 Å². The Hall–Kier alpha value is -3.80. The highest BCUT2D eigenvalue weighted by Crippen LogP contribution is 2.40. The molecule has 31 heavy (non-hydrogen) atoms. The van der Waals surface area contributed by atoms with Crippen LogP contribution >= 0.6 is 0 Å². The Morgan fingerprint density at radius 2 is 1.77 bits per heavy atom. The fourth-order valence-corrected chi connectivity index (χ4v) is 3.74. The zero-order valence-electron chi connectivity index (χ0n) is 17.4. The molecule has 6 nitrogen and oxygen atoms in total. The first kappa shape index (κ1) is 20.5. The number of ether oxygens (including phenoxy) is 1. The predicted molar refractivity (Wildman–Crippen MR) is 115 cm³/mol. The van der Waals surface area contributed by atoms with Crippen LogP contribution in [0.4, 0.5) is 0 Å². The average molecular weight is 417 g/mol. The lowest BCUT2D eigenvalue weighted by molar-refractivity contribution is -0.140. The minimum absolute atomic E-state index is 0.0598. The third-order valence-corrected chi connectivity index (χ3v) is 5.28. The van der Waals surface area contributed by atoms with Crippen LogP contribution in [0.25, 0.3) is 5.76 Å². The van der Waals surface area contributed by atoms with E-state index in [-0.39, 0.29) is 17.9 Å². The van der Waals surface area contributed by atoms with Crippen LogP contribution in [0.1, 0.15) is 35.4 Å². The number of benzene rings is 2. The molecule has 1 fully saturated rings. The number of likely N-dealkylation sites (tertiary alicyclic amines) is 1. The molecule has 1 unspecified atom stereocenters. The molecule has 2 aromatic carbocycles. The first-order valence-electron chi connectivity index (χ1n) is 10.1. The van der Waals surface area contributed by atoms with Gasteiger partial charge in [0.15, 0.2) is 0 Å². The van der Waals surface area contributed by atoms with Gasteiger partial charge in [-0.15, -0.1) is 0 Å². The lowest BCUT2D eigenvalue weighted by Crippen LogP contribution is -2.29. The van der Waals surface area contributed by atoms with Crippen molar-refractivity contribution in [3.05, 3.63) is 95.0 Å². The SMILES string of the molecule is CCOc1ccc(C2/C(=C(\O)c3ccc(C)cc3)C(=O)C(=O)N2Cc2ccco2)cc1. The lowest BCUT2D eigenvalue weighted by Gasteiger charge is -2.24. The van der Waals surface area contributed by atoms with Crippen molar-refractivity contribution in [1.29, 1.82) is 0 Å². The van der Waals surface area contributed by atoms with E-state index in [9.17, 15) is 14.7 Å². The Morgan fingerprint density at radius 3 is 2.39 bits per heavy atom. The smallest absolute Gasteiger partial charge is 0.296 e. The second kappa shape index (κ2) is 8.52. The first-order valence-corrected chi connectivity index (χ1v) is 10.1. The highest BCUT2D eigenvalue weighted by atomic mass is 16.5. The molecule has 1 atom stereocenters. The van der Waals surface area contributed by atoms with Gasteiger partial charge in [0.25, 0.3) is 11.7 Å². The fourth-order valence-electron chi connectivity index (χ4n) is 3.74. The molecule has 1 aliphatic heterocycles.